The molecule has 35 heavy (non-hydrogen) atoms. The molecule has 0 bridgehead atoms. The van der Waals surface area contributed by atoms with Gasteiger partial charge in [-0.1, -0.05) is 24.0 Å². The van der Waals surface area contributed by atoms with E-state index in [9.17, 15) is 8.42 Å². The number of aromatic nitrogens is 3. The van der Waals surface area contributed by atoms with Crippen LogP contribution in [0.4, 0.5) is 0 Å². The van der Waals surface area contributed by atoms with Crippen molar-refractivity contribution >= 4 is 32.0 Å². The van der Waals surface area contributed by atoms with E-state index in [4.69, 9.17) is 10.9 Å². The Hall–Kier alpha value is -4.03. The van der Waals surface area contributed by atoms with Crippen molar-refractivity contribution < 1.29 is 8.42 Å². The lowest BCUT2D eigenvalue weighted by molar-refractivity contribution is 0.598. The van der Waals surface area contributed by atoms with Crippen LogP contribution in [0, 0.1) is 11.8 Å². The van der Waals surface area contributed by atoms with Gasteiger partial charge in [-0.25, -0.2) is 18.5 Å². The summed E-state index contributed by atoms with van der Waals surface area (Å²) in [7, 11) is -3.73. The molecular weight excluding hydrogens is 458 g/mol. The first kappa shape index (κ1) is 22.7. The van der Waals surface area contributed by atoms with Crippen molar-refractivity contribution in [2.45, 2.75) is 17.7 Å². The average Bonchev–Trinajstić information content (AvgIpc) is 3.31. The van der Waals surface area contributed by atoms with Crippen molar-refractivity contribution in [2.24, 2.45) is 10.9 Å². The summed E-state index contributed by atoms with van der Waals surface area (Å²) < 4.78 is 25.0. The molecule has 0 unspecified atom stereocenters. The van der Waals surface area contributed by atoms with E-state index in [1.165, 1.54) is 17.7 Å². The first-order chi connectivity index (χ1) is 16.9. The molecule has 4 N–H and O–H groups in total. The summed E-state index contributed by atoms with van der Waals surface area (Å²) in [5, 5.41) is 6.11. The first-order valence-electron chi connectivity index (χ1n) is 11.1. The molecule has 0 aliphatic carbocycles. The number of nitrogens with two attached hydrogens (primary N) is 2. The second-order valence-corrected chi connectivity index (χ2v) is 9.78. The molecule has 0 aliphatic rings. The summed E-state index contributed by atoms with van der Waals surface area (Å²) in [6.45, 7) is 0.680. The maximum Gasteiger partial charge on any atom is 0.238 e. The van der Waals surface area contributed by atoms with E-state index < -0.39 is 10.0 Å². The number of fused-ring (bicyclic) bond motifs is 3. The van der Waals surface area contributed by atoms with E-state index in [2.05, 4.69) is 50.6 Å². The molecular formula is C27H23N5O2S. The lowest BCUT2D eigenvalue weighted by Crippen LogP contribution is -2.11. The van der Waals surface area contributed by atoms with Crippen molar-refractivity contribution in [3.63, 3.8) is 0 Å². The standard InChI is InChI=1S/C27H23N5O2S/c28-15-1-2-19-5-10-22(11-6-19)32-18-31-26-17-30-25-14-9-21(16-24(25)27(26)32)4-3-20-7-12-23(13-8-20)35(29,33)34/h5-14,16-18H,1-2,15,28H2,(H2,29,33,34). The van der Waals surface area contributed by atoms with Gasteiger partial charge in [-0.2, -0.15) is 0 Å². The Labute approximate surface area is 203 Å². The van der Waals surface area contributed by atoms with Crippen molar-refractivity contribution in [3.05, 3.63) is 95.9 Å². The van der Waals surface area contributed by atoms with Gasteiger partial charge in [0, 0.05) is 22.2 Å². The van der Waals surface area contributed by atoms with E-state index in [-0.39, 0.29) is 4.90 Å². The molecule has 7 nitrogen and oxygen atoms in total. The summed E-state index contributed by atoms with van der Waals surface area (Å²) >= 11 is 0. The van der Waals surface area contributed by atoms with E-state index in [1.54, 1.807) is 18.3 Å². The second-order valence-electron chi connectivity index (χ2n) is 8.22. The van der Waals surface area contributed by atoms with Crippen LogP contribution in [0.5, 0.6) is 0 Å². The molecule has 0 saturated heterocycles. The van der Waals surface area contributed by atoms with Gasteiger partial charge in [0.1, 0.15) is 11.8 Å². The normalized spacial score (nSPS) is 11.5. The zero-order chi connectivity index (χ0) is 24.4. The lowest BCUT2D eigenvalue weighted by atomic mass is 10.1. The van der Waals surface area contributed by atoms with E-state index in [0.717, 1.165) is 46.0 Å². The number of benzene rings is 3. The van der Waals surface area contributed by atoms with Crippen LogP contribution in [0.2, 0.25) is 0 Å². The van der Waals surface area contributed by atoms with Crippen LogP contribution in [0.25, 0.3) is 27.6 Å². The van der Waals surface area contributed by atoms with Crippen LogP contribution < -0.4 is 10.9 Å². The third-order valence-electron chi connectivity index (χ3n) is 5.79. The van der Waals surface area contributed by atoms with E-state index in [0.29, 0.717) is 12.1 Å². The van der Waals surface area contributed by atoms with Gasteiger partial charge in [-0.05, 0) is 79.5 Å². The molecule has 2 heterocycles. The van der Waals surface area contributed by atoms with Crippen molar-refractivity contribution in [3.8, 4) is 17.5 Å². The highest BCUT2D eigenvalue weighted by Crippen LogP contribution is 2.27. The summed E-state index contributed by atoms with van der Waals surface area (Å²) in [5.41, 5.74) is 12.0. The van der Waals surface area contributed by atoms with Gasteiger partial charge in [0.15, 0.2) is 0 Å². The van der Waals surface area contributed by atoms with Gasteiger partial charge in [0.05, 0.1) is 22.1 Å². The Bertz CT molecular complexity index is 1690. The molecule has 8 heteroatoms. The zero-order valence-electron chi connectivity index (χ0n) is 18.8. The Kier molecular flexibility index (Phi) is 6.05. The number of primary sulfonamides is 1. The predicted octanol–water partition coefficient (Wildman–Crippen LogP) is 3.51. The number of pyridine rings is 1. The largest absolute Gasteiger partial charge is 0.330 e. The van der Waals surface area contributed by atoms with Crippen LogP contribution in [-0.2, 0) is 16.4 Å². The SMILES string of the molecule is NCCCc1ccc(-n2cnc3cnc4ccc(C#Cc5ccc(S(N)(=O)=O)cc5)cc4c32)cc1. The number of imidazole rings is 1. The molecule has 2 aromatic heterocycles. The zero-order valence-corrected chi connectivity index (χ0v) is 19.7. The highest BCUT2D eigenvalue weighted by molar-refractivity contribution is 7.89. The van der Waals surface area contributed by atoms with Crippen molar-refractivity contribution in [1.29, 1.82) is 0 Å². The molecule has 174 valence electrons. The number of nitrogens with zero attached hydrogens (tertiary/aromatic N) is 3. The number of hydrogen-bond donors (Lipinski definition) is 2. The van der Waals surface area contributed by atoms with Gasteiger partial charge < -0.3 is 5.73 Å². The molecule has 3 aromatic carbocycles. The highest BCUT2D eigenvalue weighted by Gasteiger charge is 2.11. The minimum Gasteiger partial charge on any atom is -0.330 e. The smallest absolute Gasteiger partial charge is 0.238 e. The van der Waals surface area contributed by atoms with Crippen LogP contribution >= 0.6 is 0 Å². The van der Waals surface area contributed by atoms with Crippen LogP contribution in [0.15, 0.2) is 84.1 Å². The summed E-state index contributed by atoms with van der Waals surface area (Å²) in [5.74, 6) is 6.23. The van der Waals surface area contributed by atoms with Crippen molar-refractivity contribution in [1.82, 2.24) is 14.5 Å². The van der Waals surface area contributed by atoms with Gasteiger partial charge in [0.2, 0.25) is 10.0 Å². The Morgan fingerprint density at radius 3 is 2.29 bits per heavy atom. The summed E-state index contributed by atoms with van der Waals surface area (Å²) in [4.78, 5) is 9.17. The minimum atomic E-state index is -3.73. The van der Waals surface area contributed by atoms with E-state index >= 15 is 0 Å². The van der Waals surface area contributed by atoms with Crippen molar-refractivity contribution in [2.75, 3.05) is 6.54 Å². The molecule has 0 atom stereocenters. The fourth-order valence-electron chi connectivity index (χ4n) is 3.97. The number of rotatable bonds is 5. The Balaban J connectivity index is 1.53. The molecule has 0 fully saturated rings. The van der Waals surface area contributed by atoms with Gasteiger partial charge in [-0.3, -0.25) is 9.55 Å². The topological polar surface area (TPSA) is 117 Å². The fourth-order valence-corrected chi connectivity index (χ4v) is 4.48. The third-order valence-corrected chi connectivity index (χ3v) is 6.72. The molecule has 0 aliphatic heterocycles. The predicted molar refractivity (Wildman–Crippen MR) is 138 cm³/mol. The summed E-state index contributed by atoms with van der Waals surface area (Å²) in [6.07, 6.45) is 5.51. The van der Waals surface area contributed by atoms with Crippen LogP contribution in [0.3, 0.4) is 0 Å². The number of hydrogen-bond acceptors (Lipinski definition) is 5. The fraction of sp³-hybridized carbons (Fsp3) is 0.111. The van der Waals surface area contributed by atoms with Gasteiger partial charge in [0.25, 0.3) is 0 Å². The van der Waals surface area contributed by atoms with Gasteiger partial charge >= 0.3 is 0 Å². The molecule has 0 amide bonds. The minimum absolute atomic E-state index is 0.0582. The van der Waals surface area contributed by atoms with E-state index in [1.807, 2.05) is 24.5 Å². The average molecular weight is 482 g/mol. The second kappa shape index (κ2) is 9.31. The Morgan fingerprint density at radius 1 is 0.857 bits per heavy atom. The monoisotopic (exact) mass is 481 g/mol. The first-order valence-corrected chi connectivity index (χ1v) is 12.7. The lowest BCUT2D eigenvalue weighted by Gasteiger charge is -2.08. The number of aryl methyl sites for hydroxylation is 1. The Morgan fingerprint density at radius 2 is 1.57 bits per heavy atom. The number of sulfonamides is 1. The quantitative estimate of drug-likeness (QED) is 0.373. The van der Waals surface area contributed by atoms with Crippen LogP contribution in [0.1, 0.15) is 23.1 Å². The highest BCUT2D eigenvalue weighted by atomic mass is 32.2. The summed E-state index contributed by atoms with van der Waals surface area (Å²) in [6, 6.07) is 20.5. The molecule has 0 saturated carbocycles. The third kappa shape index (κ3) is 4.79. The van der Waals surface area contributed by atoms with Crippen LogP contribution in [-0.4, -0.2) is 29.5 Å². The molecule has 5 aromatic rings. The molecule has 5 rings (SSSR count). The van der Waals surface area contributed by atoms with Gasteiger partial charge in [-0.15, -0.1) is 0 Å². The molecule has 0 spiro atoms. The molecule has 0 radical (unpaired) electrons. The maximum absolute atomic E-state index is 11.4. The maximum atomic E-state index is 11.4.